The molecular weight excluding hydrogens is 431 g/mol. The quantitative estimate of drug-likeness (QED) is 0.437. The maximum atomic E-state index is 13.5. The predicted octanol–water partition coefficient (Wildman–Crippen LogP) is 4.69. The summed E-state index contributed by atoms with van der Waals surface area (Å²) in [5.74, 6) is 1.50. The molecule has 0 amide bonds. The molecule has 1 aliphatic heterocycles. The minimum absolute atomic E-state index is 0.331. The Morgan fingerprint density at radius 1 is 1.18 bits per heavy atom. The molecule has 8 heteroatoms. The molecule has 7 nitrogen and oxygen atoms in total. The van der Waals surface area contributed by atoms with E-state index < -0.39 is 5.41 Å². The van der Waals surface area contributed by atoms with Crippen molar-refractivity contribution in [3.8, 4) is 17.5 Å². The van der Waals surface area contributed by atoms with Gasteiger partial charge in [-0.25, -0.2) is 19.0 Å². The van der Waals surface area contributed by atoms with Crippen LogP contribution in [0, 0.1) is 24.1 Å². The molecule has 0 aliphatic carbocycles. The van der Waals surface area contributed by atoms with E-state index in [1.807, 2.05) is 48.0 Å². The number of nitrogens with zero attached hydrogens (tertiary/aromatic N) is 6. The molecule has 4 aromatic rings. The summed E-state index contributed by atoms with van der Waals surface area (Å²) in [6.45, 7) is 2.63. The van der Waals surface area contributed by atoms with Crippen molar-refractivity contribution in [3.63, 3.8) is 0 Å². The molecule has 34 heavy (non-hydrogen) atoms. The molecule has 0 N–H and O–H groups in total. The highest BCUT2D eigenvalue weighted by Gasteiger charge is 2.42. The first-order valence-corrected chi connectivity index (χ1v) is 11.0. The summed E-state index contributed by atoms with van der Waals surface area (Å²) in [5.41, 5.74) is 2.54. The third kappa shape index (κ3) is 3.75. The van der Waals surface area contributed by atoms with Crippen LogP contribution in [0.3, 0.4) is 0 Å². The molecule has 1 aliphatic rings. The summed E-state index contributed by atoms with van der Waals surface area (Å²) in [7, 11) is 1.64. The van der Waals surface area contributed by atoms with Gasteiger partial charge in [-0.2, -0.15) is 10.4 Å². The Morgan fingerprint density at radius 2 is 2.00 bits per heavy atom. The number of fused-ring (bicyclic) bond motifs is 1. The topological polar surface area (TPSA) is 81.5 Å². The first-order valence-electron chi connectivity index (χ1n) is 11.0. The van der Waals surface area contributed by atoms with Crippen LogP contribution < -0.4 is 4.74 Å². The van der Waals surface area contributed by atoms with Gasteiger partial charge in [-0.1, -0.05) is 24.3 Å². The van der Waals surface area contributed by atoms with E-state index in [0.717, 1.165) is 34.7 Å². The molecule has 0 radical (unpaired) electrons. The van der Waals surface area contributed by atoms with E-state index in [4.69, 9.17) is 9.72 Å². The number of aryl methyl sites for hydroxylation is 2. The predicted molar refractivity (Wildman–Crippen MR) is 126 cm³/mol. The Kier molecular flexibility index (Phi) is 5.46. The number of aromatic nitrogens is 5. The Labute approximate surface area is 196 Å². The van der Waals surface area contributed by atoms with Gasteiger partial charge in [0.2, 0.25) is 0 Å². The van der Waals surface area contributed by atoms with E-state index in [0.29, 0.717) is 24.6 Å². The van der Waals surface area contributed by atoms with Gasteiger partial charge in [0.1, 0.15) is 17.0 Å². The maximum absolute atomic E-state index is 13.5. The zero-order chi connectivity index (χ0) is 23.7. The van der Waals surface area contributed by atoms with Gasteiger partial charge in [0, 0.05) is 12.7 Å². The van der Waals surface area contributed by atoms with Crippen LogP contribution in [-0.4, -0.2) is 31.4 Å². The Hall–Kier alpha value is -4.25. The third-order valence-corrected chi connectivity index (χ3v) is 6.14. The van der Waals surface area contributed by atoms with E-state index in [1.54, 1.807) is 30.3 Å². The molecule has 0 fully saturated rings. The highest BCUT2D eigenvalue weighted by Crippen LogP contribution is 2.38. The molecule has 2 aromatic carbocycles. The second-order valence-electron chi connectivity index (χ2n) is 8.33. The molecule has 5 rings (SSSR count). The molecule has 0 saturated carbocycles. The van der Waals surface area contributed by atoms with Crippen LogP contribution in [0.2, 0.25) is 0 Å². The van der Waals surface area contributed by atoms with Gasteiger partial charge in [-0.3, -0.25) is 0 Å². The smallest absolute Gasteiger partial charge is 0.174 e. The summed E-state index contributed by atoms with van der Waals surface area (Å²) in [5, 5.41) is 14.8. The fraction of sp³-hybridized carbons (Fsp3) is 0.231. The van der Waals surface area contributed by atoms with Crippen LogP contribution in [0.5, 0.6) is 5.75 Å². The third-order valence-electron chi connectivity index (χ3n) is 6.14. The molecule has 1 atom stereocenters. The van der Waals surface area contributed by atoms with E-state index in [2.05, 4.69) is 16.2 Å². The summed E-state index contributed by atoms with van der Waals surface area (Å²) in [4.78, 5) is 8.98. The first-order chi connectivity index (χ1) is 16.5. The van der Waals surface area contributed by atoms with Crippen LogP contribution in [0.4, 0.5) is 4.39 Å². The van der Waals surface area contributed by atoms with Crippen molar-refractivity contribution in [2.24, 2.45) is 0 Å². The SMILES string of the molecule is COc1cc(C=Cc2nc3n(n2)CCC[C@@]3(C#N)c2ccc(F)cc2)ccc1-n1cnc(C)c1. The van der Waals surface area contributed by atoms with Gasteiger partial charge in [-0.05, 0) is 61.2 Å². The summed E-state index contributed by atoms with van der Waals surface area (Å²) in [6, 6.07) is 14.4. The molecule has 2 aromatic heterocycles. The molecule has 0 saturated heterocycles. The number of ether oxygens (including phenoxy) is 1. The minimum atomic E-state index is -0.946. The Morgan fingerprint density at radius 3 is 2.71 bits per heavy atom. The number of benzene rings is 2. The molecule has 0 unspecified atom stereocenters. The zero-order valence-electron chi connectivity index (χ0n) is 18.9. The fourth-order valence-electron chi connectivity index (χ4n) is 4.42. The van der Waals surface area contributed by atoms with Crippen molar-refractivity contribution in [1.82, 2.24) is 24.3 Å². The van der Waals surface area contributed by atoms with E-state index in [-0.39, 0.29) is 5.82 Å². The molecule has 3 heterocycles. The zero-order valence-corrected chi connectivity index (χ0v) is 18.9. The number of halogens is 1. The van der Waals surface area contributed by atoms with E-state index in [9.17, 15) is 9.65 Å². The lowest BCUT2D eigenvalue weighted by Crippen LogP contribution is -2.34. The lowest BCUT2D eigenvalue weighted by Gasteiger charge is -2.30. The fourth-order valence-corrected chi connectivity index (χ4v) is 4.42. The largest absolute Gasteiger partial charge is 0.495 e. The Bertz CT molecular complexity index is 1410. The normalized spacial score (nSPS) is 17.5. The van der Waals surface area contributed by atoms with Gasteiger partial charge < -0.3 is 9.30 Å². The molecular formula is C26H23FN6O. The van der Waals surface area contributed by atoms with Crippen LogP contribution in [0.15, 0.2) is 55.0 Å². The lowest BCUT2D eigenvalue weighted by molar-refractivity contribution is 0.392. The number of hydrogen-bond acceptors (Lipinski definition) is 5. The lowest BCUT2D eigenvalue weighted by atomic mass is 9.75. The number of hydrogen-bond donors (Lipinski definition) is 0. The summed E-state index contributed by atoms with van der Waals surface area (Å²) in [6.07, 6.45) is 8.84. The van der Waals surface area contributed by atoms with Gasteiger partial charge in [0.25, 0.3) is 0 Å². The van der Waals surface area contributed by atoms with Crippen LogP contribution in [0.1, 0.15) is 41.3 Å². The number of methoxy groups -OCH3 is 1. The van der Waals surface area contributed by atoms with Crippen LogP contribution in [-0.2, 0) is 12.0 Å². The summed E-state index contributed by atoms with van der Waals surface area (Å²) < 4.78 is 22.8. The van der Waals surface area contributed by atoms with Crippen LogP contribution in [0.25, 0.3) is 17.8 Å². The Balaban J connectivity index is 1.46. The second-order valence-corrected chi connectivity index (χ2v) is 8.33. The van der Waals surface area contributed by atoms with Crippen LogP contribution >= 0.6 is 0 Å². The van der Waals surface area contributed by atoms with Crippen molar-refractivity contribution in [3.05, 3.63) is 89.3 Å². The average molecular weight is 455 g/mol. The van der Waals surface area contributed by atoms with Crippen molar-refractivity contribution in [2.45, 2.75) is 31.7 Å². The highest BCUT2D eigenvalue weighted by molar-refractivity contribution is 5.69. The number of rotatable bonds is 5. The minimum Gasteiger partial charge on any atom is -0.495 e. The molecule has 0 bridgehead atoms. The van der Waals surface area contributed by atoms with Gasteiger partial charge in [-0.15, -0.1) is 0 Å². The number of imidazole rings is 1. The molecule has 0 spiro atoms. The van der Waals surface area contributed by atoms with E-state index >= 15 is 0 Å². The van der Waals surface area contributed by atoms with Crippen molar-refractivity contribution < 1.29 is 9.13 Å². The van der Waals surface area contributed by atoms with Crippen molar-refractivity contribution in [2.75, 3.05) is 7.11 Å². The van der Waals surface area contributed by atoms with Gasteiger partial charge in [0.15, 0.2) is 11.6 Å². The first kappa shape index (κ1) is 21.6. The number of nitriles is 1. The highest BCUT2D eigenvalue weighted by atomic mass is 19.1. The van der Waals surface area contributed by atoms with Crippen molar-refractivity contribution in [1.29, 1.82) is 5.26 Å². The maximum Gasteiger partial charge on any atom is 0.174 e. The van der Waals surface area contributed by atoms with Gasteiger partial charge in [0.05, 0.1) is 30.9 Å². The van der Waals surface area contributed by atoms with E-state index in [1.165, 1.54) is 12.1 Å². The molecule has 170 valence electrons. The average Bonchev–Trinajstić information content (AvgIpc) is 3.49. The van der Waals surface area contributed by atoms with Gasteiger partial charge >= 0.3 is 0 Å². The summed E-state index contributed by atoms with van der Waals surface area (Å²) >= 11 is 0. The van der Waals surface area contributed by atoms with Crippen molar-refractivity contribution >= 4 is 12.2 Å². The standard InChI is InChI=1S/C26H23FN6O/c1-18-15-32(17-29-18)22-10-4-19(14-23(22)34-2)5-11-24-30-25-26(16-28,12-3-13-33(25)31-24)20-6-8-21(27)9-7-20/h4-11,14-15,17H,3,12-13H2,1-2H3/t26-/m1/s1. The second kappa shape index (κ2) is 8.60. The monoisotopic (exact) mass is 454 g/mol.